The summed E-state index contributed by atoms with van der Waals surface area (Å²) in [6.07, 6.45) is -2.56. The molecule has 3 rings (SSSR count). The summed E-state index contributed by atoms with van der Waals surface area (Å²) in [6, 6.07) is 4.91. The number of aromatic nitrogens is 1. The van der Waals surface area contributed by atoms with Crippen molar-refractivity contribution in [2.45, 2.75) is 36.1 Å². The lowest BCUT2D eigenvalue weighted by molar-refractivity contribution is -0.216. The molecule has 176 valence electrons. The van der Waals surface area contributed by atoms with Crippen LogP contribution in [0.3, 0.4) is 0 Å². The second-order valence-corrected chi connectivity index (χ2v) is 8.36. The molecule has 14 heteroatoms. The van der Waals surface area contributed by atoms with Gasteiger partial charge in [0.25, 0.3) is 4.99 Å². The molecule has 1 aliphatic rings. The zero-order valence-corrected chi connectivity index (χ0v) is 18.2. The summed E-state index contributed by atoms with van der Waals surface area (Å²) in [6.45, 7) is 1.35. The van der Waals surface area contributed by atoms with Crippen molar-refractivity contribution in [2.24, 2.45) is 0 Å². The van der Waals surface area contributed by atoms with Gasteiger partial charge in [-0.05, 0) is 60.7 Å². The average Bonchev–Trinajstić information content (AvgIpc) is 2.89. The molecule has 1 fully saturated rings. The van der Waals surface area contributed by atoms with E-state index in [1.54, 1.807) is 12.1 Å². The van der Waals surface area contributed by atoms with Crippen molar-refractivity contribution in [3.05, 3.63) is 54.4 Å². The molecule has 2 aromatic rings. The normalized spacial score (nSPS) is 21.4. The largest absolute Gasteiger partial charge is 0.497 e. The molecule has 0 radical (unpaired) electrons. The van der Waals surface area contributed by atoms with E-state index in [9.17, 15) is 35.9 Å². The van der Waals surface area contributed by atoms with Crippen LogP contribution < -0.4 is 4.65 Å². The van der Waals surface area contributed by atoms with Crippen LogP contribution in [-0.4, -0.2) is 44.6 Å². The topological polar surface area (TPSA) is 59.5 Å². The van der Waals surface area contributed by atoms with E-state index < -0.39 is 46.1 Å². The Morgan fingerprint density at radius 1 is 1.12 bits per heavy atom. The van der Waals surface area contributed by atoms with Gasteiger partial charge in [-0.2, -0.15) is 26.3 Å². The molecular weight excluding hydrogens is 496 g/mol. The summed E-state index contributed by atoms with van der Waals surface area (Å²) in [7, 11) is 0. The van der Waals surface area contributed by atoms with Crippen molar-refractivity contribution in [1.82, 2.24) is 14.5 Å². The number of hydroxylamine groups is 2. The molecule has 1 aliphatic heterocycles. The van der Waals surface area contributed by atoms with E-state index in [0.29, 0.717) is 5.56 Å². The Kier molecular flexibility index (Phi) is 6.73. The van der Waals surface area contributed by atoms with E-state index in [0.717, 1.165) is 29.2 Å². The predicted octanol–water partition coefficient (Wildman–Crippen LogP) is 5.37. The van der Waals surface area contributed by atoms with E-state index in [-0.39, 0.29) is 22.1 Å². The van der Waals surface area contributed by atoms with Gasteiger partial charge in [0.1, 0.15) is 6.04 Å². The molecule has 6 nitrogen and oxygen atoms in total. The monoisotopic (exact) mass is 510 g/mol. The number of pyridine rings is 1. The van der Waals surface area contributed by atoms with Crippen LogP contribution in [0.4, 0.5) is 36.8 Å². The van der Waals surface area contributed by atoms with Gasteiger partial charge in [-0.1, -0.05) is 0 Å². The number of carbonyl (C=O) groups is 2. The Balaban J connectivity index is 2.06. The highest BCUT2D eigenvalue weighted by atomic mass is 32.2. The molecular formula is C19H14F6N3O3S2+. The number of halogens is 6. The third kappa shape index (κ3) is 5.12. The first-order valence-electron chi connectivity index (χ1n) is 9.06. The molecule has 2 heterocycles. The van der Waals surface area contributed by atoms with E-state index in [1.807, 2.05) is 0 Å². The molecule has 2 amide bonds. The third-order valence-corrected chi connectivity index (χ3v) is 5.98. The molecule has 0 saturated carbocycles. The Hall–Kier alpha value is -2.71. The van der Waals surface area contributed by atoms with Gasteiger partial charge in [0.05, 0.1) is 6.54 Å². The van der Waals surface area contributed by atoms with Crippen LogP contribution in [0.2, 0.25) is 0 Å². The number of benzene rings is 1. The highest BCUT2D eigenvalue weighted by Gasteiger charge is 2.64. The van der Waals surface area contributed by atoms with Crippen LogP contribution in [-0.2, 0) is 16.2 Å². The molecule has 0 N–H and O–H groups in total. The molecule has 1 aromatic carbocycles. The number of urea groups is 1. The van der Waals surface area contributed by atoms with E-state index >= 15 is 0 Å². The van der Waals surface area contributed by atoms with Crippen molar-refractivity contribution >= 4 is 46.7 Å². The minimum absolute atomic E-state index is 0.0891. The predicted molar refractivity (Wildman–Crippen MR) is 110 cm³/mol. The number of amides is 2. The molecule has 2 atom stereocenters. The maximum Gasteiger partial charge on any atom is 0.497 e. The first-order chi connectivity index (χ1) is 15.3. The minimum atomic E-state index is -5.45. The molecule has 1 saturated heterocycles. The van der Waals surface area contributed by atoms with Gasteiger partial charge in [0, 0.05) is 34.1 Å². The fraction of sp³-hybridized carbons (Fsp3) is 0.263. The Morgan fingerprint density at radius 3 is 2.21 bits per heavy atom. The SMILES string of the molecule is CC1C(=S)[N+](OC(=O)C(F)(F)F)(c2ccc(SC(F)(F)F)cc2)C(=O)N1Cc1ccncc1. The Morgan fingerprint density at radius 2 is 1.70 bits per heavy atom. The lowest BCUT2D eigenvalue weighted by Gasteiger charge is -2.26. The molecule has 0 bridgehead atoms. The molecule has 2 unspecified atom stereocenters. The highest BCUT2D eigenvalue weighted by molar-refractivity contribution is 8.00. The van der Waals surface area contributed by atoms with E-state index in [1.165, 1.54) is 19.3 Å². The van der Waals surface area contributed by atoms with Crippen molar-refractivity contribution in [2.75, 3.05) is 0 Å². The smallest absolute Gasteiger partial charge is 0.271 e. The summed E-state index contributed by atoms with van der Waals surface area (Å²) in [5, 5.41) is 0. The first kappa shape index (κ1) is 24.9. The quantitative estimate of drug-likeness (QED) is 0.233. The first-order valence-corrected chi connectivity index (χ1v) is 10.3. The number of thiocarbonyl (C=S) groups is 1. The lowest BCUT2D eigenvalue weighted by Crippen LogP contribution is -2.57. The summed E-state index contributed by atoms with van der Waals surface area (Å²) >= 11 is 4.80. The summed E-state index contributed by atoms with van der Waals surface area (Å²) < 4.78 is 75.3. The fourth-order valence-electron chi connectivity index (χ4n) is 3.13. The fourth-order valence-corrected chi connectivity index (χ4v) is 4.02. The van der Waals surface area contributed by atoms with Crippen LogP contribution in [0.1, 0.15) is 12.5 Å². The molecule has 1 aromatic heterocycles. The van der Waals surface area contributed by atoms with E-state index in [2.05, 4.69) is 9.82 Å². The number of carbonyl (C=O) groups excluding carboxylic acids is 2. The van der Waals surface area contributed by atoms with E-state index in [4.69, 9.17) is 12.2 Å². The second-order valence-electron chi connectivity index (χ2n) is 6.81. The zero-order valence-electron chi connectivity index (χ0n) is 16.6. The number of hydrogen-bond acceptors (Lipinski definition) is 6. The van der Waals surface area contributed by atoms with Gasteiger partial charge in [-0.3, -0.25) is 9.88 Å². The van der Waals surface area contributed by atoms with Crippen molar-refractivity contribution in [3.8, 4) is 0 Å². The molecule has 0 aliphatic carbocycles. The van der Waals surface area contributed by atoms with Gasteiger partial charge < -0.3 is 0 Å². The van der Waals surface area contributed by atoms with Crippen molar-refractivity contribution in [1.29, 1.82) is 0 Å². The van der Waals surface area contributed by atoms with Crippen LogP contribution in [0.25, 0.3) is 0 Å². The highest BCUT2D eigenvalue weighted by Crippen LogP contribution is 2.41. The Labute approximate surface area is 192 Å². The third-order valence-electron chi connectivity index (χ3n) is 4.64. The number of hydrogen-bond donors (Lipinski definition) is 0. The van der Waals surface area contributed by atoms with Crippen molar-refractivity contribution in [3.63, 3.8) is 0 Å². The maximum absolute atomic E-state index is 13.4. The second kappa shape index (κ2) is 8.91. The number of alkyl halides is 6. The Bertz CT molecular complexity index is 1060. The number of thioether (sulfide) groups is 1. The number of quaternary nitrogens is 1. The van der Waals surface area contributed by atoms with Gasteiger partial charge in [0.15, 0.2) is 5.69 Å². The molecule has 33 heavy (non-hydrogen) atoms. The van der Waals surface area contributed by atoms with Crippen LogP contribution >= 0.6 is 24.0 Å². The maximum atomic E-state index is 13.4. The number of rotatable bonds is 5. The summed E-state index contributed by atoms with van der Waals surface area (Å²) in [5.41, 5.74) is -4.38. The molecule has 0 spiro atoms. The van der Waals surface area contributed by atoms with Gasteiger partial charge in [0.2, 0.25) is 0 Å². The number of nitrogens with zero attached hydrogens (tertiary/aromatic N) is 3. The standard InChI is InChI=1S/C19H14F6N3O3S2/c1-11-15(32)28(31-16(29)18(20,21)22,13-2-4-14(5-3-13)33-19(23,24)25)17(30)27(11)10-12-6-8-26-9-7-12/h2-9,11H,10H2,1H3/q+1. The van der Waals surface area contributed by atoms with Gasteiger partial charge >= 0.3 is 23.7 Å². The lowest BCUT2D eigenvalue weighted by atomic mass is 10.2. The van der Waals surface area contributed by atoms with Crippen LogP contribution in [0, 0.1) is 0 Å². The zero-order chi connectivity index (χ0) is 24.6. The summed E-state index contributed by atoms with van der Waals surface area (Å²) in [5.74, 6) is -2.68. The van der Waals surface area contributed by atoms with Gasteiger partial charge in [-0.15, -0.1) is 0 Å². The minimum Gasteiger partial charge on any atom is -0.271 e. The van der Waals surface area contributed by atoms with Crippen LogP contribution in [0.15, 0.2) is 53.7 Å². The van der Waals surface area contributed by atoms with Crippen LogP contribution in [0.5, 0.6) is 0 Å². The summed E-state index contributed by atoms with van der Waals surface area (Å²) in [4.78, 5) is 34.1. The average molecular weight is 510 g/mol. The van der Waals surface area contributed by atoms with Crippen molar-refractivity contribution < 1.29 is 40.8 Å². The van der Waals surface area contributed by atoms with Gasteiger partial charge in [-0.25, -0.2) is 14.4 Å².